The minimum absolute atomic E-state index is 0.0613. The standard InChI is InChI=1S/C26H22FN3O3/c1-3-5-19(13-24(31)32)18-8-10-22(11-9-18)33-15-21-12-20(14-30-26(21)28-16-29-30)25-17(2)6-4-7-23(25)27/h4,6-12,14,16,19H,13,15H2,1-2H3,(H,31,32). The molecule has 0 aliphatic heterocycles. The number of carboxylic acid groups (broad SMARTS) is 1. The van der Waals surface area contributed by atoms with Gasteiger partial charge in [-0.1, -0.05) is 30.2 Å². The van der Waals surface area contributed by atoms with Crippen LogP contribution in [0.4, 0.5) is 4.39 Å². The van der Waals surface area contributed by atoms with Gasteiger partial charge in [-0.15, -0.1) is 5.92 Å². The molecule has 0 aliphatic rings. The van der Waals surface area contributed by atoms with Crippen molar-refractivity contribution in [3.8, 4) is 28.7 Å². The summed E-state index contributed by atoms with van der Waals surface area (Å²) in [4.78, 5) is 15.4. The third-order valence-corrected chi connectivity index (χ3v) is 5.34. The molecule has 4 aromatic rings. The summed E-state index contributed by atoms with van der Waals surface area (Å²) in [5.41, 5.74) is 4.23. The number of nitrogens with zero attached hydrogens (tertiary/aromatic N) is 3. The van der Waals surface area contributed by atoms with Crippen LogP contribution in [0.1, 0.15) is 36.0 Å². The van der Waals surface area contributed by atoms with Crippen molar-refractivity contribution in [2.75, 3.05) is 0 Å². The second-order valence-electron chi connectivity index (χ2n) is 7.62. The van der Waals surface area contributed by atoms with Crippen LogP contribution in [-0.2, 0) is 11.4 Å². The van der Waals surface area contributed by atoms with Crippen LogP contribution in [0.2, 0.25) is 0 Å². The third-order valence-electron chi connectivity index (χ3n) is 5.34. The molecule has 6 nitrogen and oxygen atoms in total. The van der Waals surface area contributed by atoms with Crippen molar-refractivity contribution in [3.63, 3.8) is 0 Å². The summed E-state index contributed by atoms with van der Waals surface area (Å²) in [6.07, 6.45) is 3.14. The Labute approximate surface area is 190 Å². The van der Waals surface area contributed by atoms with Gasteiger partial charge in [0.15, 0.2) is 5.65 Å². The van der Waals surface area contributed by atoms with Crippen LogP contribution in [0.15, 0.2) is 61.1 Å². The van der Waals surface area contributed by atoms with Gasteiger partial charge in [-0.2, -0.15) is 5.10 Å². The maximum atomic E-state index is 14.6. The fourth-order valence-electron chi connectivity index (χ4n) is 3.79. The predicted octanol–water partition coefficient (Wildman–Crippen LogP) is 5.00. The maximum Gasteiger partial charge on any atom is 0.304 e. The quantitative estimate of drug-likeness (QED) is 0.407. The van der Waals surface area contributed by atoms with Gasteiger partial charge in [-0.25, -0.2) is 13.9 Å². The van der Waals surface area contributed by atoms with Crippen LogP contribution in [-0.4, -0.2) is 25.7 Å². The van der Waals surface area contributed by atoms with E-state index in [0.717, 1.165) is 16.7 Å². The summed E-state index contributed by atoms with van der Waals surface area (Å²) in [5.74, 6) is 4.76. The molecule has 7 heteroatoms. The summed E-state index contributed by atoms with van der Waals surface area (Å²) in [6, 6.07) is 14.1. The Bertz CT molecular complexity index is 1350. The third kappa shape index (κ3) is 4.85. The van der Waals surface area contributed by atoms with Crippen LogP contribution in [0, 0.1) is 24.6 Å². The highest BCUT2D eigenvalue weighted by molar-refractivity contribution is 5.70. The van der Waals surface area contributed by atoms with Crippen molar-refractivity contribution in [1.82, 2.24) is 14.6 Å². The SMILES string of the molecule is CC#CC(CC(=O)O)c1ccc(OCc2cc(-c3c(C)cccc3F)cn3ncnc23)cc1. The number of hydrogen-bond acceptors (Lipinski definition) is 4. The molecule has 2 aromatic carbocycles. The number of pyridine rings is 1. The average Bonchev–Trinajstić information content (AvgIpc) is 3.26. The first kappa shape index (κ1) is 22.0. The van der Waals surface area contributed by atoms with Gasteiger partial charge < -0.3 is 9.84 Å². The summed E-state index contributed by atoms with van der Waals surface area (Å²) < 4.78 is 22.1. The average molecular weight is 443 g/mol. The van der Waals surface area contributed by atoms with Crippen molar-refractivity contribution in [2.24, 2.45) is 0 Å². The fourth-order valence-corrected chi connectivity index (χ4v) is 3.79. The summed E-state index contributed by atoms with van der Waals surface area (Å²) in [7, 11) is 0. The number of rotatable bonds is 7. The number of ether oxygens (including phenoxy) is 1. The molecule has 2 heterocycles. The van der Waals surface area contributed by atoms with E-state index in [1.54, 1.807) is 35.8 Å². The molecule has 1 unspecified atom stereocenters. The first-order valence-corrected chi connectivity index (χ1v) is 10.4. The zero-order valence-electron chi connectivity index (χ0n) is 18.2. The molecule has 0 aliphatic carbocycles. The van der Waals surface area contributed by atoms with Gasteiger partial charge >= 0.3 is 5.97 Å². The van der Waals surface area contributed by atoms with E-state index >= 15 is 0 Å². The molecular formula is C26H22FN3O3. The summed E-state index contributed by atoms with van der Waals surface area (Å²) in [5, 5.41) is 13.3. The number of fused-ring (bicyclic) bond motifs is 1. The Balaban J connectivity index is 1.59. The lowest BCUT2D eigenvalue weighted by molar-refractivity contribution is -0.137. The number of carbonyl (C=O) groups is 1. The second-order valence-corrected chi connectivity index (χ2v) is 7.62. The molecule has 33 heavy (non-hydrogen) atoms. The van der Waals surface area contributed by atoms with Crippen LogP contribution < -0.4 is 4.74 Å². The summed E-state index contributed by atoms with van der Waals surface area (Å²) in [6.45, 7) is 3.76. The second kappa shape index (κ2) is 9.53. The van der Waals surface area contributed by atoms with Gasteiger partial charge in [0.25, 0.3) is 0 Å². The molecule has 0 saturated carbocycles. The zero-order valence-corrected chi connectivity index (χ0v) is 18.2. The Hall–Kier alpha value is -4.18. The molecule has 0 saturated heterocycles. The lowest BCUT2D eigenvalue weighted by Crippen LogP contribution is -2.05. The molecule has 0 amide bonds. The van der Waals surface area contributed by atoms with Gasteiger partial charge in [0, 0.05) is 22.9 Å². The molecule has 0 bridgehead atoms. The number of hydrogen-bond donors (Lipinski definition) is 1. The van der Waals surface area contributed by atoms with Crippen LogP contribution in [0.3, 0.4) is 0 Å². The Morgan fingerprint density at radius 2 is 2.03 bits per heavy atom. The van der Waals surface area contributed by atoms with Crippen molar-refractivity contribution < 1.29 is 19.0 Å². The highest BCUT2D eigenvalue weighted by Gasteiger charge is 2.15. The maximum absolute atomic E-state index is 14.6. The van der Waals surface area contributed by atoms with Crippen molar-refractivity contribution in [2.45, 2.75) is 32.8 Å². The van der Waals surface area contributed by atoms with Gasteiger partial charge in [0.2, 0.25) is 0 Å². The normalized spacial score (nSPS) is 11.6. The number of aryl methyl sites for hydroxylation is 1. The molecule has 2 aromatic heterocycles. The smallest absolute Gasteiger partial charge is 0.304 e. The van der Waals surface area contributed by atoms with Crippen LogP contribution >= 0.6 is 0 Å². The first-order valence-electron chi connectivity index (χ1n) is 10.4. The number of benzene rings is 2. The zero-order chi connectivity index (χ0) is 23.4. The molecule has 4 rings (SSSR count). The van der Waals surface area contributed by atoms with Crippen LogP contribution in [0.5, 0.6) is 5.75 Å². The number of aliphatic carboxylic acids is 1. The van der Waals surface area contributed by atoms with E-state index in [2.05, 4.69) is 21.9 Å². The molecule has 166 valence electrons. The molecular weight excluding hydrogens is 421 g/mol. The summed E-state index contributed by atoms with van der Waals surface area (Å²) >= 11 is 0. The van der Waals surface area contributed by atoms with Gasteiger partial charge in [0.1, 0.15) is 24.5 Å². The fraction of sp³-hybridized carbons (Fsp3) is 0.192. The topological polar surface area (TPSA) is 76.7 Å². The van der Waals surface area contributed by atoms with E-state index in [1.165, 1.54) is 12.4 Å². The molecule has 0 fully saturated rings. The monoisotopic (exact) mass is 443 g/mol. The highest BCUT2D eigenvalue weighted by Crippen LogP contribution is 2.29. The van der Waals surface area contributed by atoms with Crippen molar-refractivity contribution >= 4 is 11.6 Å². The van der Waals surface area contributed by atoms with E-state index in [0.29, 0.717) is 22.5 Å². The number of aromatic nitrogens is 3. The van der Waals surface area contributed by atoms with Crippen molar-refractivity contribution in [3.05, 3.63) is 83.6 Å². The lowest BCUT2D eigenvalue weighted by Gasteiger charge is -2.13. The molecule has 1 atom stereocenters. The highest BCUT2D eigenvalue weighted by atomic mass is 19.1. The van der Waals surface area contributed by atoms with E-state index in [9.17, 15) is 9.18 Å². The van der Waals surface area contributed by atoms with Crippen LogP contribution in [0.25, 0.3) is 16.8 Å². The number of halogens is 1. The minimum atomic E-state index is -0.898. The largest absolute Gasteiger partial charge is 0.489 e. The number of carboxylic acids is 1. The van der Waals surface area contributed by atoms with Gasteiger partial charge in [-0.3, -0.25) is 4.79 Å². The Morgan fingerprint density at radius 3 is 2.73 bits per heavy atom. The van der Waals surface area contributed by atoms with E-state index in [1.807, 2.05) is 31.2 Å². The van der Waals surface area contributed by atoms with Gasteiger partial charge in [0.05, 0.1) is 12.3 Å². The lowest BCUT2D eigenvalue weighted by atomic mass is 9.96. The van der Waals surface area contributed by atoms with E-state index in [4.69, 9.17) is 9.84 Å². The molecule has 1 N–H and O–H groups in total. The Morgan fingerprint density at radius 1 is 1.24 bits per heavy atom. The Kier molecular flexibility index (Phi) is 6.36. The first-order chi connectivity index (χ1) is 16.0. The van der Waals surface area contributed by atoms with E-state index < -0.39 is 5.97 Å². The predicted molar refractivity (Wildman–Crippen MR) is 122 cm³/mol. The molecule has 0 spiro atoms. The van der Waals surface area contributed by atoms with Crippen molar-refractivity contribution in [1.29, 1.82) is 0 Å². The van der Waals surface area contributed by atoms with E-state index in [-0.39, 0.29) is 24.8 Å². The van der Waals surface area contributed by atoms with Gasteiger partial charge in [-0.05, 0) is 49.2 Å². The molecule has 0 radical (unpaired) electrons. The minimum Gasteiger partial charge on any atom is -0.489 e.